The minimum absolute atomic E-state index is 0.124. The van der Waals surface area contributed by atoms with Crippen molar-refractivity contribution in [2.45, 2.75) is 32.4 Å². The monoisotopic (exact) mass is 194 g/mol. The standard InChI is InChI=1S/C9H14N4O/c1-4-5(2)12-13-8(4)9(14)11-7-3-6(7)10/h6-7H,3,10H2,1-2H3,(H,11,14)(H,12,13). The molecule has 14 heavy (non-hydrogen) atoms. The van der Waals surface area contributed by atoms with Crippen LogP contribution in [0, 0.1) is 13.8 Å². The molecule has 5 heteroatoms. The smallest absolute Gasteiger partial charge is 0.272 e. The van der Waals surface area contributed by atoms with Crippen LogP contribution in [-0.2, 0) is 0 Å². The Balaban J connectivity index is 2.07. The third kappa shape index (κ3) is 1.50. The van der Waals surface area contributed by atoms with Gasteiger partial charge in [-0.2, -0.15) is 5.10 Å². The summed E-state index contributed by atoms with van der Waals surface area (Å²) in [5.74, 6) is -0.134. The number of amides is 1. The van der Waals surface area contributed by atoms with Gasteiger partial charge in [-0.05, 0) is 20.3 Å². The average Bonchev–Trinajstić information content (AvgIpc) is 2.70. The highest BCUT2D eigenvalue weighted by Crippen LogP contribution is 2.18. The van der Waals surface area contributed by atoms with Crippen LogP contribution in [0.4, 0.5) is 0 Å². The molecule has 2 unspecified atom stereocenters. The van der Waals surface area contributed by atoms with E-state index >= 15 is 0 Å². The van der Waals surface area contributed by atoms with Crippen molar-refractivity contribution in [3.8, 4) is 0 Å². The second kappa shape index (κ2) is 3.09. The number of nitrogens with two attached hydrogens (primary N) is 1. The molecule has 2 atom stereocenters. The van der Waals surface area contributed by atoms with Crippen molar-refractivity contribution < 1.29 is 4.79 Å². The van der Waals surface area contributed by atoms with E-state index in [4.69, 9.17) is 5.73 Å². The zero-order chi connectivity index (χ0) is 10.3. The topological polar surface area (TPSA) is 83.8 Å². The van der Waals surface area contributed by atoms with E-state index in [2.05, 4.69) is 15.5 Å². The van der Waals surface area contributed by atoms with E-state index in [1.54, 1.807) is 0 Å². The molecule has 5 nitrogen and oxygen atoms in total. The number of H-pyrrole nitrogens is 1. The average molecular weight is 194 g/mol. The maximum Gasteiger partial charge on any atom is 0.272 e. The lowest BCUT2D eigenvalue weighted by Gasteiger charge is -2.00. The van der Waals surface area contributed by atoms with Crippen molar-refractivity contribution in [1.29, 1.82) is 0 Å². The fraction of sp³-hybridized carbons (Fsp3) is 0.556. The number of nitrogens with one attached hydrogen (secondary N) is 2. The maximum atomic E-state index is 11.6. The van der Waals surface area contributed by atoms with E-state index in [0.29, 0.717) is 5.69 Å². The number of aryl methyl sites for hydroxylation is 1. The van der Waals surface area contributed by atoms with Crippen molar-refractivity contribution in [2.24, 2.45) is 5.73 Å². The Labute approximate surface area is 82.1 Å². The Bertz CT molecular complexity index is 371. The third-order valence-corrected chi connectivity index (χ3v) is 2.62. The zero-order valence-electron chi connectivity index (χ0n) is 8.29. The van der Waals surface area contributed by atoms with Gasteiger partial charge < -0.3 is 11.1 Å². The second-order valence-corrected chi connectivity index (χ2v) is 3.80. The molecule has 1 heterocycles. The largest absolute Gasteiger partial charge is 0.346 e. The molecule has 0 aromatic carbocycles. The van der Waals surface area contributed by atoms with Gasteiger partial charge in [-0.1, -0.05) is 0 Å². The van der Waals surface area contributed by atoms with Crippen molar-refractivity contribution >= 4 is 5.91 Å². The van der Waals surface area contributed by atoms with Crippen LogP contribution in [0.5, 0.6) is 0 Å². The minimum Gasteiger partial charge on any atom is -0.346 e. The Morgan fingerprint density at radius 2 is 2.29 bits per heavy atom. The molecule has 1 amide bonds. The lowest BCUT2D eigenvalue weighted by atomic mass is 10.2. The lowest BCUT2D eigenvalue weighted by molar-refractivity contribution is 0.0944. The normalized spacial score (nSPS) is 24.8. The first-order valence-corrected chi connectivity index (χ1v) is 4.67. The summed E-state index contributed by atoms with van der Waals surface area (Å²) in [4.78, 5) is 11.6. The van der Waals surface area contributed by atoms with Gasteiger partial charge in [0.2, 0.25) is 0 Å². The van der Waals surface area contributed by atoms with Gasteiger partial charge in [-0.3, -0.25) is 9.89 Å². The number of hydrogen-bond donors (Lipinski definition) is 3. The molecule has 0 radical (unpaired) electrons. The number of rotatable bonds is 2. The van der Waals surface area contributed by atoms with Crippen LogP contribution in [0.3, 0.4) is 0 Å². The van der Waals surface area contributed by atoms with Gasteiger partial charge in [-0.15, -0.1) is 0 Å². The highest BCUT2D eigenvalue weighted by Gasteiger charge is 2.35. The van der Waals surface area contributed by atoms with Crippen LogP contribution in [0.25, 0.3) is 0 Å². The SMILES string of the molecule is Cc1[nH]nc(C(=O)NC2CC2N)c1C. The molecule has 1 saturated carbocycles. The summed E-state index contributed by atoms with van der Waals surface area (Å²) in [6, 6.07) is 0.262. The molecular weight excluding hydrogens is 180 g/mol. The second-order valence-electron chi connectivity index (χ2n) is 3.80. The molecule has 1 aromatic heterocycles. The van der Waals surface area contributed by atoms with Gasteiger partial charge in [0.25, 0.3) is 5.91 Å². The molecule has 1 fully saturated rings. The van der Waals surface area contributed by atoms with Gasteiger partial charge in [-0.25, -0.2) is 0 Å². The molecule has 4 N–H and O–H groups in total. The number of carbonyl (C=O) groups excluding carboxylic acids is 1. The minimum atomic E-state index is -0.134. The van der Waals surface area contributed by atoms with Crippen LogP contribution in [-0.4, -0.2) is 28.2 Å². The van der Waals surface area contributed by atoms with E-state index in [1.807, 2.05) is 13.8 Å². The highest BCUT2D eigenvalue weighted by molar-refractivity contribution is 5.94. The van der Waals surface area contributed by atoms with E-state index in [-0.39, 0.29) is 18.0 Å². The van der Waals surface area contributed by atoms with Crippen LogP contribution in [0.1, 0.15) is 28.2 Å². The Kier molecular flexibility index (Phi) is 2.03. The summed E-state index contributed by atoms with van der Waals surface area (Å²) >= 11 is 0. The van der Waals surface area contributed by atoms with Crippen LogP contribution in [0.15, 0.2) is 0 Å². The Hall–Kier alpha value is -1.36. The number of hydrogen-bond acceptors (Lipinski definition) is 3. The molecular formula is C9H14N4O. The summed E-state index contributed by atoms with van der Waals surface area (Å²) in [5, 5.41) is 9.55. The molecule has 2 rings (SSSR count). The predicted molar refractivity (Wildman–Crippen MR) is 51.9 cm³/mol. The Morgan fingerprint density at radius 3 is 2.71 bits per heavy atom. The lowest BCUT2D eigenvalue weighted by Crippen LogP contribution is -2.30. The maximum absolute atomic E-state index is 11.6. The number of aromatic amines is 1. The fourth-order valence-corrected chi connectivity index (χ4v) is 1.32. The van der Waals surface area contributed by atoms with Crippen molar-refractivity contribution in [3.63, 3.8) is 0 Å². The molecule has 1 aliphatic rings. The van der Waals surface area contributed by atoms with E-state index in [0.717, 1.165) is 17.7 Å². The van der Waals surface area contributed by atoms with Crippen molar-refractivity contribution in [3.05, 3.63) is 17.0 Å². The molecule has 0 spiro atoms. The fourth-order valence-electron chi connectivity index (χ4n) is 1.32. The molecule has 0 aliphatic heterocycles. The molecule has 0 bridgehead atoms. The van der Waals surface area contributed by atoms with Crippen LogP contribution < -0.4 is 11.1 Å². The van der Waals surface area contributed by atoms with Gasteiger partial charge in [0.1, 0.15) is 0 Å². The molecule has 1 aliphatic carbocycles. The molecule has 0 saturated heterocycles. The van der Waals surface area contributed by atoms with Gasteiger partial charge in [0.05, 0.1) is 0 Å². The van der Waals surface area contributed by atoms with Gasteiger partial charge in [0.15, 0.2) is 5.69 Å². The predicted octanol–water partition coefficient (Wildman–Crippen LogP) is -0.144. The van der Waals surface area contributed by atoms with Gasteiger partial charge in [0, 0.05) is 23.3 Å². The van der Waals surface area contributed by atoms with Crippen LogP contribution in [0.2, 0.25) is 0 Å². The third-order valence-electron chi connectivity index (χ3n) is 2.62. The number of aromatic nitrogens is 2. The first-order valence-electron chi connectivity index (χ1n) is 4.67. The quantitative estimate of drug-likeness (QED) is 0.612. The zero-order valence-corrected chi connectivity index (χ0v) is 8.29. The summed E-state index contributed by atoms with van der Waals surface area (Å²) in [7, 11) is 0. The first kappa shape index (κ1) is 9.21. The first-order chi connectivity index (χ1) is 6.59. The molecule has 76 valence electrons. The Morgan fingerprint density at radius 1 is 1.64 bits per heavy atom. The number of nitrogens with zero attached hydrogens (tertiary/aromatic N) is 1. The van der Waals surface area contributed by atoms with Crippen molar-refractivity contribution in [2.75, 3.05) is 0 Å². The van der Waals surface area contributed by atoms with E-state index in [9.17, 15) is 4.79 Å². The summed E-state index contributed by atoms with van der Waals surface area (Å²) in [6.07, 6.45) is 0.869. The summed E-state index contributed by atoms with van der Waals surface area (Å²) < 4.78 is 0. The number of carbonyl (C=O) groups is 1. The van der Waals surface area contributed by atoms with Crippen LogP contribution >= 0.6 is 0 Å². The molecule has 1 aromatic rings. The van der Waals surface area contributed by atoms with Crippen molar-refractivity contribution in [1.82, 2.24) is 15.5 Å². The van der Waals surface area contributed by atoms with Gasteiger partial charge >= 0.3 is 0 Å². The highest BCUT2D eigenvalue weighted by atomic mass is 16.2. The summed E-state index contributed by atoms with van der Waals surface area (Å²) in [5.41, 5.74) is 7.89. The van der Waals surface area contributed by atoms with E-state index < -0.39 is 0 Å². The summed E-state index contributed by atoms with van der Waals surface area (Å²) in [6.45, 7) is 3.77. The van der Waals surface area contributed by atoms with E-state index in [1.165, 1.54) is 0 Å².